The molecule has 0 unspecified atom stereocenters. The summed E-state index contributed by atoms with van der Waals surface area (Å²) in [5, 5.41) is 18.8. The summed E-state index contributed by atoms with van der Waals surface area (Å²) in [4.78, 5) is 17.6. The van der Waals surface area contributed by atoms with Gasteiger partial charge < -0.3 is 19.7 Å². The number of halogens is 3. The van der Waals surface area contributed by atoms with E-state index in [4.69, 9.17) is 4.74 Å². The van der Waals surface area contributed by atoms with Crippen molar-refractivity contribution < 1.29 is 32.8 Å². The highest BCUT2D eigenvalue weighted by Gasteiger charge is 2.32. The fourth-order valence-electron chi connectivity index (χ4n) is 3.25. The minimum atomic E-state index is -4.49. The maximum atomic E-state index is 12.6. The molecule has 154 valence electrons. The first-order valence-corrected chi connectivity index (χ1v) is 9.15. The summed E-state index contributed by atoms with van der Waals surface area (Å²) in [6.45, 7) is 0.892. The number of carbonyl (C=O) groups is 1. The van der Waals surface area contributed by atoms with Crippen molar-refractivity contribution in [3.05, 3.63) is 53.9 Å². The Bertz CT molecular complexity index is 838. The van der Waals surface area contributed by atoms with Crippen LogP contribution in [0.5, 0.6) is 5.75 Å². The molecule has 3 rings (SSSR count). The summed E-state index contributed by atoms with van der Waals surface area (Å²) < 4.78 is 43.3. The summed E-state index contributed by atoms with van der Waals surface area (Å²) in [6.07, 6.45) is -2.52. The quantitative estimate of drug-likeness (QED) is 0.731. The number of hydrogen-bond donors (Lipinski definition) is 2. The van der Waals surface area contributed by atoms with Crippen LogP contribution in [0.3, 0.4) is 0 Å². The van der Waals surface area contributed by atoms with E-state index in [0.717, 1.165) is 12.3 Å². The first-order chi connectivity index (χ1) is 13.7. The highest BCUT2D eigenvalue weighted by atomic mass is 19.4. The standard InChI is InChI=1S/C19H20BF3N2O4/c21-19(22,23)17-6-5-15(12-24-17)29-14-7-9-25(10-8-14)18(26)11-13-3-1-2-4-16(13)20(27)28/h1-6,12,14,27-28H,7-11H2. The molecule has 1 fully saturated rings. The number of benzene rings is 1. The molecule has 1 aliphatic heterocycles. The lowest BCUT2D eigenvalue weighted by Gasteiger charge is -2.32. The van der Waals surface area contributed by atoms with Crippen LogP contribution in [0.2, 0.25) is 0 Å². The molecule has 29 heavy (non-hydrogen) atoms. The molecule has 2 heterocycles. The van der Waals surface area contributed by atoms with E-state index in [1.165, 1.54) is 6.07 Å². The van der Waals surface area contributed by atoms with Gasteiger partial charge in [0.1, 0.15) is 17.5 Å². The second-order valence-electron chi connectivity index (χ2n) is 6.82. The Morgan fingerprint density at radius 1 is 1.17 bits per heavy atom. The van der Waals surface area contributed by atoms with Crippen molar-refractivity contribution >= 4 is 18.5 Å². The second kappa shape index (κ2) is 8.83. The number of carbonyl (C=O) groups excluding carboxylic acids is 1. The molecule has 1 aromatic carbocycles. The van der Waals surface area contributed by atoms with E-state index in [2.05, 4.69) is 4.98 Å². The molecule has 2 N–H and O–H groups in total. The van der Waals surface area contributed by atoms with E-state index in [1.807, 2.05) is 0 Å². The number of likely N-dealkylation sites (tertiary alicyclic amines) is 1. The van der Waals surface area contributed by atoms with Crippen molar-refractivity contribution in [2.24, 2.45) is 0 Å². The lowest BCUT2D eigenvalue weighted by Crippen LogP contribution is -2.43. The fraction of sp³-hybridized carbons (Fsp3) is 0.368. The van der Waals surface area contributed by atoms with Gasteiger partial charge >= 0.3 is 13.3 Å². The van der Waals surface area contributed by atoms with Crippen molar-refractivity contribution in [1.82, 2.24) is 9.88 Å². The van der Waals surface area contributed by atoms with E-state index in [9.17, 15) is 28.0 Å². The fourth-order valence-corrected chi connectivity index (χ4v) is 3.25. The number of aromatic nitrogens is 1. The molecule has 0 aliphatic carbocycles. The van der Waals surface area contributed by atoms with E-state index in [1.54, 1.807) is 29.2 Å². The summed E-state index contributed by atoms with van der Waals surface area (Å²) in [7, 11) is -1.64. The van der Waals surface area contributed by atoms with Crippen molar-refractivity contribution in [2.45, 2.75) is 31.5 Å². The van der Waals surface area contributed by atoms with Gasteiger partial charge in [0, 0.05) is 25.9 Å². The van der Waals surface area contributed by atoms with Gasteiger partial charge in [-0.2, -0.15) is 13.2 Å². The molecular formula is C19H20BF3N2O4. The molecule has 1 aromatic heterocycles. The number of nitrogens with zero attached hydrogens (tertiary/aromatic N) is 2. The van der Waals surface area contributed by atoms with Gasteiger partial charge in [-0.1, -0.05) is 24.3 Å². The van der Waals surface area contributed by atoms with Crippen LogP contribution in [0.25, 0.3) is 0 Å². The summed E-state index contributed by atoms with van der Waals surface area (Å²) in [5.74, 6) is 0.126. The molecule has 1 aliphatic rings. The topological polar surface area (TPSA) is 82.9 Å². The first-order valence-electron chi connectivity index (χ1n) is 9.15. The maximum Gasteiger partial charge on any atom is 0.488 e. The Hall–Kier alpha value is -2.59. The van der Waals surface area contributed by atoms with Crippen molar-refractivity contribution in [1.29, 1.82) is 0 Å². The van der Waals surface area contributed by atoms with Crippen LogP contribution >= 0.6 is 0 Å². The summed E-state index contributed by atoms with van der Waals surface area (Å²) in [5.41, 5.74) is -0.117. The van der Waals surface area contributed by atoms with Crippen molar-refractivity contribution in [3.8, 4) is 5.75 Å². The van der Waals surface area contributed by atoms with E-state index >= 15 is 0 Å². The number of ether oxygens (including phenoxy) is 1. The third-order valence-electron chi connectivity index (χ3n) is 4.80. The van der Waals surface area contributed by atoms with Gasteiger partial charge in [-0.3, -0.25) is 4.79 Å². The smallest absolute Gasteiger partial charge is 0.488 e. The molecular weight excluding hydrogens is 388 g/mol. The van der Waals surface area contributed by atoms with Gasteiger partial charge in [-0.05, 0) is 23.2 Å². The monoisotopic (exact) mass is 408 g/mol. The van der Waals surface area contributed by atoms with Crippen LogP contribution in [0, 0.1) is 0 Å². The zero-order chi connectivity index (χ0) is 21.0. The Labute approximate surface area is 166 Å². The zero-order valence-corrected chi connectivity index (χ0v) is 15.5. The normalized spacial score (nSPS) is 15.3. The Kier molecular flexibility index (Phi) is 6.44. The highest BCUT2D eigenvalue weighted by Crippen LogP contribution is 2.28. The minimum absolute atomic E-state index is 0.0577. The Morgan fingerprint density at radius 2 is 1.86 bits per heavy atom. The van der Waals surface area contributed by atoms with E-state index in [0.29, 0.717) is 37.0 Å². The average molecular weight is 408 g/mol. The van der Waals surface area contributed by atoms with Gasteiger partial charge in [0.2, 0.25) is 5.91 Å². The summed E-state index contributed by atoms with van der Waals surface area (Å²) in [6, 6.07) is 8.76. The molecule has 1 saturated heterocycles. The van der Waals surface area contributed by atoms with Gasteiger partial charge in [-0.25, -0.2) is 4.98 Å². The molecule has 0 atom stereocenters. The van der Waals surface area contributed by atoms with Gasteiger partial charge in [0.05, 0.1) is 12.6 Å². The van der Waals surface area contributed by atoms with Crippen LogP contribution < -0.4 is 10.2 Å². The van der Waals surface area contributed by atoms with Crippen LogP contribution in [-0.2, 0) is 17.4 Å². The maximum absolute atomic E-state index is 12.6. The molecule has 1 amide bonds. The predicted octanol–water partition coefficient (Wildman–Crippen LogP) is 1.39. The minimum Gasteiger partial charge on any atom is -0.489 e. The van der Waals surface area contributed by atoms with Crippen molar-refractivity contribution in [3.63, 3.8) is 0 Å². The number of hydrogen-bond acceptors (Lipinski definition) is 5. The van der Waals surface area contributed by atoms with Gasteiger partial charge in [0.25, 0.3) is 0 Å². The number of pyridine rings is 1. The van der Waals surface area contributed by atoms with Crippen LogP contribution in [-0.4, -0.2) is 52.2 Å². The highest BCUT2D eigenvalue weighted by molar-refractivity contribution is 6.59. The molecule has 0 radical (unpaired) electrons. The number of piperidine rings is 1. The lowest BCUT2D eigenvalue weighted by atomic mass is 9.76. The Morgan fingerprint density at radius 3 is 2.45 bits per heavy atom. The van der Waals surface area contributed by atoms with E-state index < -0.39 is 19.0 Å². The second-order valence-corrected chi connectivity index (χ2v) is 6.82. The molecule has 0 spiro atoms. The van der Waals surface area contributed by atoms with Crippen LogP contribution in [0.15, 0.2) is 42.6 Å². The molecule has 2 aromatic rings. The lowest BCUT2D eigenvalue weighted by molar-refractivity contribution is -0.141. The predicted molar refractivity (Wildman–Crippen MR) is 99.4 cm³/mol. The zero-order valence-electron chi connectivity index (χ0n) is 15.5. The number of amides is 1. The van der Waals surface area contributed by atoms with Crippen LogP contribution in [0.1, 0.15) is 24.1 Å². The van der Waals surface area contributed by atoms with Crippen molar-refractivity contribution in [2.75, 3.05) is 13.1 Å². The number of alkyl halides is 3. The SMILES string of the molecule is O=C(Cc1ccccc1B(O)O)N1CCC(Oc2ccc(C(F)(F)F)nc2)CC1. The van der Waals surface area contributed by atoms with Crippen LogP contribution in [0.4, 0.5) is 13.2 Å². The molecule has 0 bridgehead atoms. The number of rotatable bonds is 5. The molecule has 6 nitrogen and oxygen atoms in total. The first kappa shape index (κ1) is 21.1. The van der Waals surface area contributed by atoms with Gasteiger partial charge in [0.15, 0.2) is 0 Å². The van der Waals surface area contributed by atoms with Gasteiger partial charge in [-0.15, -0.1) is 0 Å². The molecule has 0 saturated carbocycles. The third kappa shape index (κ3) is 5.48. The summed E-state index contributed by atoms with van der Waals surface area (Å²) >= 11 is 0. The molecule has 10 heteroatoms. The largest absolute Gasteiger partial charge is 0.489 e. The van der Waals surface area contributed by atoms with E-state index in [-0.39, 0.29) is 24.2 Å². The Balaban J connectivity index is 1.52. The average Bonchev–Trinajstić information content (AvgIpc) is 2.68. The third-order valence-corrected chi connectivity index (χ3v) is 4.80.